The molecule has 0 radical (unpaired) electrons. The standard InChI is InChI=1S/C21H24N6O2/c1-26-19(12-18(25-26)15-7-6-8-17(11-15)29-2)20(28)24-16-13-22-21(23-14-16)27-9-4-3-5-10-27/h6-8,11-14H,3-5,9-10H2,1-2H3,(H,24,28). The predicted octanol–water partition coefficient (Wildman–Crippen LogP) is 3.13. The molecule has 0 spiro atoms. The van der Waals surface area contributed by atoms with E-state index in [1.807, 2.05) is 24.3 Å². The van der Waals surface area contributed by atoms with Crippen molar-refractivity contribution in [1.82, 2.24) is 19.7 Å². The van der Waals surface area contributed by atoms with Crippen LogP contribution in [0.2, 0.25) is 0 Å². The third kappa shape index (κ3) is 4.21. The molecular weight excluding hydrogens is 368 g/mol. The van der Waals surface area contributed by atoms with E-state index in [1.165, 1.54) is 6.42 Å². The summed E-state index contributed by atoms with van der Waals surface area (Å²) in [6, 6.07) is 9.33. The number of hydrogen-bond donors (Lipinski definition) is 1. The average molecular weight is 392 g/mol. The molecule has 1 aliphatic rings. The van der Waals surface area contributed by atoms with E-state index in [0.29, 0.717) is 23.0 Å². The van der Waals surface area contributed by atoms with Gasteiger partial charge in [-0.05, 0) is 37.5 Å². The number of carbonyl (C=O) groups is 1. The molecule has 4 rings (SSSR count). The number of methoxy groups -OCH3 is 1. The van der Waals surface area contributed by atoms with Crippen LogP contribution in [0.5, 0.6) is 5.75 Å². The second-order valence-corrected chi connectivity index (χ2v) is 7.04. The maximum absolute atomic E-state index is 12.7. The van der Waals surface area contributed by atoms with Crippen LogP contribution in [-0.2, 0) is 7.05 Å². The fraction of sp³-hybridized carbons (Fsp3) is 0.333. The van der Waals surface area contributed by atoms with Crippen molar-refractivity contribution in [2.45, 2.75) is 19.3 Å². The van der Waals surface area contributed by atoms with Gasteiger partial charge in [0.15, 0.2) is 0 Å². The van der Waals surface area contributed by atoms with Gasteiger partial charge < -0.3 is 15.0 Å². The van der Waals surface area contributed by atoms with Crippen LogP contribution in [0.15, 0.2) is 42.7 Å². The fourth-order valence-corrected chi connectivity index (χ4v) is 3.44. The van der Waals surface area contributed by atoms with Gasteiger partial charge in [0.05, 0.1) is 30.9 Å². The highest BCUT2D eigenvalue weighted by atomic mass is 16.5. The van der Waals surface area contributed by atoms with Crippen LogP contribution < -0.4 is 15.0 Å². The van der Waals surface area contributed by atoms with Gasteiger partial charge in [-0.25, -0.2) is 9.97 Å². The van der Waals surface area contributed by atoms with Crippen molar-refractivity contribution in [2.75, 3.05) is 30.4 Å². The molecule has 1 saturated heterocycles. The summed E-state index contributed by atoms with van der Waals surface area (Å²) in [6.45, 7) is 1.96. The first kappa shape index (κ1) is 18.9. The maximum atomic E-state index is 12.7. The van der Waals surface area contributed by atoms with Crippen molar-refractivity contribution in [3.05, 3.63) is 48.4 Å². The minimum Gasteiger partial charge on any atom is -0.497 e. The molecule has 8 nitrogen and oxygen atoms in total. The zero-order valence-electron chi connectivity index (χ0n) is 16.6. The molecule has 0 bridgehead atoms. The van der Waals surface area contributed by atoms with Crippen LogP contribution in [0.1, 0.15) is 29.8 Å². The van der Waals surface area contributed by atoms with Gasteiger partial charge in [-0.2, -0.15) is 5.10 Å². The average Bonchev–Trinajstić information content (AvgIpc) is 3.17. The number of piperidine rings is 1. The quantitative estimate of drug-likeness (QED) is 0.718. The Bertz CT molecular complexity index is 993. The van der Waals surface area contributed by atoms with Crippen LogP contribution in [0.4, 0.5) is 11.6 Å². The van der Waals surface area contributed by atoms with E-state index in [1.54, 1.807) is 37.3 Å². The summed E-state index contributed by atoms with van der Waals surface area (Å²) in [5, 5.41) is 7.31. The molecule has 1 fully saturated rings. The summed E-state index contributed by atoms with van der Waals surface area (Å²) in [4.78, 5) is 23.7. The van der Waals surface area contributed by atoms with Crippen molar-refractivity contribution in [1.29, 1.82) is 0 Å². The van der Waals surface area contributed by atoms with Gasteiger partial charge in [-0.1, -0.05) is 12.1 Å². The van der Waals surface area contributed by atoms with E-state index in [4.69, 9.17) is 4.74 Å². The second-order valence-electron chi connectivity index (χ2n) is 7.04. The number of rotatable bonds is 5. The monoisotopic (exact) mass is 392 g/mol. The third-order valence-corrected chi connectivity index (χ3v) is 5.01. The Morgan fingerprint density at radius 1 is 1.10 bits per heavy atom. The maximum Gasteiger partial charge on any atom is 0.274 e. The smallest absolute Gasteiger partial charge is 0.274 e. The Balaban J connectivity index is 1.47. The number of hydrogen-bond acceptors (Lipinski definition) is 6. The van der Waals surface area contributed by atoms with E-state index in [0.717, 1.165) is 37.2 Å². The fourth-order valence-electron chi connectivity index (χ4n) is 3.44. The van der Waals surface area contributed by atoms with Gasteiger partial charge in [0.25, 0.3) is 5.91 Å². The molecule has 1 N–H and O–H groups in total. The molecule has 8 heteroatoms. The molecule has 0 unspecified atom stereocenters. The molecule has 2 aromatic heterocycles. The molecule has 1 aromatic carbocycles. The summed E-state index contributed by atoms with van der Waals surface area (Å²) in [5.41, 5.74) is 2.59. The highest BCUT2D eigenvalue weighted by Gasteiger charge is 2.17. The minimum absolute atomic E-state index is 0.261. The van der Waals surface area contributed by atoms with Gasteiger partial charge in [-0.15, -0.1) is 0 Å². The molecule has 1 aliphatic heterocycles. The van der Waals surface area contributed by atoms with Crippen LogP contribution in [-0.4, -0.2) is 45.9 Å². The first-order chi connectivity index (χ1) is 14.1. The lowest BCUT2D eigenvalue weighted by Crippen LogP contribution is -2.30. The lowest BCUT2D eigenvalue weighted by molar-refractivity contribution is 0.101. The Kier molecular flexibility index (Phi) is 5.41. The number of amides is 1. The normalized spacial score (nSPS) is 13.9. The molecule has 3 heterocycles. The molecule has 0 aliphatic carbocycles. The predicted molar refractivity (Wildman–Crippen MR) is 111 cm³/mol. The van der Waals surface area contributed by atoms with E-state index in [2.05, 4.69) is 25.3 Å². The Labute approximate surface area is 169 Å². The van der Waals surface area contributed by atoms with Crippen LogP contribution in [0, 0.1) is 0 Å². The number of nitrogens with one attached hydrogen (secondary N) is 1. The molecule has 29 heavy (non-hydrogen) atoms. The van der Waals surface area contributed by atoms with Crippen LogP contribution in [0.3, 0.4) is 0 Å². The molecular formula is C21H24N6O2. The number of aryl methyl sites for hydroxylation is 1. The number of anilines is 2. The Morgan fingerprint density at radius 2 is 1.86 bits per heavy atom. The molecule has 0 saturated carbocycles. The topological polar surface area (TPSA) is 85.2 Å². The lowest BCUT2D eigenvalue weighted by atomic mass is 10.1. The number of carbonyl (C=O) groups excluding carboxylic acids is 1. The van der Waals surface area contributed by atoms with E-state index in [-0.39, 0.29) is 5.91 Å². The first-order valence-corrected chi connectivity index (χ1v) is 9.71. The molecule has 3 aromatic rings. The van der Waals surface area contributed by atoms with Crippen LogP contribution >= 0.6 is 0 Å². The van der Waals surface area contributed by atoms with E-state index in [9.17, 15) is 4.79 Å². The van der Waals surface area contributed by atoms with Crippen LogP contribution in [0.25, 0.3) is 11.3 Å². The largest absolute Gasteiger partial charge is 0.497 e. The van der Waals surface area contributed by atoms with Crippen molar-refractivity contribution in [2.24, 2.45) is 7.05 Å². The van der Waals surface area contributed by atoms with Gasteiger partial charge in [-0.3, -0.25) is 9.48 Å². The number of aromatic nitrogens is 4. The summed E-state index contributed by atoms with van der Waals surface area (Å²) in [5.74, 6) is 1.19. The van der Waals surface area contributed by atoms with Crippen molar-refractivity contribution < 1.29 is 9.53 Å². The SMILES string of the molecule is COc1cccc(-c2cc(C(=O)Nc3cnc(N4CCCCC4)nc3)n(C)n2)c1. The van der Waals surface area contributed by atoms with Crippen molar-refractivity contribution in [3.63, 3.8) is 0 Å². The first-order valence-electron chi connectivity index (χ1n) is 9.71. The molecule has 150 valence electrons. The summed E-state index contributed by atoms with van der Waals surface area (Å²) in [6.07, 6.45) is 6.88. The zero-order valence-corrected chi connectivity index (χ0v) is 16.6. The van der Waals surface area contributed by atoms with Gasteiger partial charge in [0.1, 0.15) is 11.4 Å². The minimum atomic E-state index is -0.261. The van der Waals surface area contributed by atoms with Crippen molar-refractivity contribution >= 4 is 17.5 Å². The van der Waals surface area contributed by atoms with E-state index >= 15 is 0 Å². The summed E-state index contributed by atoms with van der Waals surface area (Å²) >= 11 is 0. The molecule has 1 amide bonds. The number of benzene rings is 1. The Hall–Kier alpha value is -3.42. The van der Waals surface area contributed by atoms with E-state index < -0.39 is 0 Å². The van der Waals surface area contributed by atoms with Gasteiger partial charge in [0, 0.05) is 25.7 Å². The lowest BCUT2D eigenvalue weighted by Gasteiger charge is -2.26. The number of nitrogens with zero attached hydrogens (tertiary/aromatic N) is 5. The molecule has 0 atom stereocenters. The van der Waals surface area contributed by atoms with Crippen molar-refractivity contribution in [3.8, 4) is 17.0 Å². The second kappa shape index (κ2) is 8.30. The number of ether oxygens (including phenoxy) is 1. The highest BCUT2D eigenvalue weighted by Crippen LogP contribution is 2.24. The Morgan fingerprint density at radius 3 is 2.59 bits per heavy atom. The third-order valence-electron chi connectivity index (χ3n) is 5.01. The highest BCUT2D eigenvalue weighted by molar-refractivity contribution is 6.03. The summed E-state index contributed by atoms with van der Waals surface area (Å²) in [7, 11) is 3.36. The van der Waals surface area contributed by atoms with Gasteiger partial charge >= 0.3 is 0 Å². The zero-order chi connectivity index (χ0) is 20.2. The summed E-state index contributed by atoms with van der Waals surface area (Å²) < 4.78 is 6.82. The van der Waals surface area contributed by atoms with Gasteiger partial charge in [0.2, 0.25) is 5.95 Å².